The van der Waals surface area contributed by atoms with Crippen LogP contribution in [0.15, 0.2) is 53.7 Å². The SMILES string of the molecule is CC1CC(C)CN(C(=O)c2ccc(S(=O)(=O)Nc3ccncc3)cc2)C1. The van der Waals surface area contributed by atoms with Crippen molar-refractivity contribution in [2.75, 3.05) is 17.8 Å². The average Bonchev–Trinajstić information content (AvgIpc) is 2.61. The predicted octanol–water partition coefficient (Wildman–Crippen LogP) is 3.00. The molecular weight excluding hydrogens is 350 g/mol. The number of likely N-dealkylation sites (tertiary alicyclic amines) is 1. The van der Waals surface area contributed by atoms with E-state index in [1.54, 1.807) is 24.3 Å². The molecule has 6 nitrogen and oxygen atoms in total. The van der Waals surface area contributed by atoms with Crippen LogP contribution in [0.3, 0.4) is 0 Å². The van der Waals surface area contributed by atoms with Crippen LogP contribution >= 0.6 is 0 Å². The van der Waals surface area contributed by atoms with Gasteiger partial charge in [0.05, 0.1) is 10.6 Å². The third-order valence-corrected chi connectivity index (χ3v) is 5.90. The molecule has 26 heavy (non-hydrogen) atoms. The van der Waals surface area contributed by atoms with Crippen molar-refractivity contribution in [1.82, 2.24) is 9.88 Å². The number of benzene rings is 1. The monoisotopic (exact) mass is 373 g/mol. The third kappa shape index (κ3) is 4.22. The van der Waals surface area contributed by atoms with Crippen LogP contribution in [-0.2, 0) is 10.0 Å². The second-order valence-corrected chi connectivity index (χ2v) is 8.70. The molecule has 1 amide bonds. The number of hydrogen-bond donors (Lipinski definition) is 1. The van der Waals surface area contributed by atoms with Crippen molar-refractivity contribution in [1.29, 1.82) is 0 Å². The summed E-state index contributed by atoms with van der Waals surface area (Å²) in [5.74, 6) is 0.910. The van der Waals surface area contributed by atoms with Gasteiger partial charge >= 0.3 is 0 Å². The summed E-state index contributed by atoms with van der Waals surface area (Å²) in [5, 5.41) is 0. The highest BCUT2D eigenvalue weighted by Gasteiger charge is 2.26. The van der Waals surface area contributed by atoms with E-state index in [1.165, 1.54) is 24.5 Å². The molecule has 1 fully saturated rings. The van der Waals surface area contributed by atoms with E-state index in [2.05, 4.69) is 23.6 Å². The minimum Gasteiger partial charge on any atom is -0.338 e. The van der Waals surface area contributed by atoms with Crippen molar-refractivity contribution in [3.63, 3.8) is 0 Å². The number of sulfonamides is 1. The van der Waals surface area contributed by atoms with E-state index in [0.29, 0.717) is 23.1 Å². The molecule has 2 aromatic rings. The first-order valence-electron chi connectivity index (χ1n) is 8.67. The number of carbonyl (C=O) groups is 1. The van der Waals surface area contributed by atoms with Crippen LogP contribution in [0.1, 0.15) is 30.6 Å². The number of rotatable bonds is 4. The molecule has 1 aromatic carbocycles. The highest BCUT2D eigenvalue weighted by molar-refractivity contribution is 7.92. The molecule has 1 aliphatic heterocycles. The van der Waals surface area contributed by atoms with Gasteiger partial charge in [-0.15, -0.1) is 0 Å². The molecule has 2 atom stereocenters. The van der Waals surface area contributed by atoms with Crippen LogP contribution < -0.4 is 4.72 Å². The van der Waals surface area contributed by atoms with E-state index in [1.807, 2.05) is 4.90 Å². The van der Waals surface area contributed by atoms with Crippen LogP contribution in [-0.4, -0.2) is 37.3 Å². The Balaban J connectivity index is 1.74. The predicted molar refractivity (Wildman–Crippen MR) is 100 cm³/mol. The zero-order valence-corrected chi connectivity index (χ0v) is 15.7. The van der Waals surface area contributed by atoms with E-state index < -0.39 is 10.0 Å². The second-order valence-electron chi connectivity index (χ2n) is 7.02. The molecule has 0 radical (unpaired) electrons. The first-order valence-corrected chi connectivity index (χ1v) is 10.2. The maximum Gasteiger partial charge on any atom is 0.261 e. The fraction of sp³-hybridized carbons (Fsp3) is 0.368. The minimum atomic E-state index is -3.70. The number of amides is 1. The van der Waals surface area contributed by atoms with Gasteiger partial charge < -0.3 is 4.90 Å². The summed E-state index contributed by atoms with van der Waals surface area (Å²) >= 11 is 0. The van der Waals surface area contributed by atoms with Crippen LogP contribution in [0.4, 0.5) is 5.69 Å². The topological polar surface area (TPSA) is 79.4 Å². The number of carbonyl (C=O) groups excluding carboxylic acids is 1. The van der Waals surface area contributed by atoms with Crippen LogP contribution in [0.25, 0.3) is 0 Å². The summed E-state index contributed by atoms with van der Waals surface area (Å²) < 4.78 is 27.4. The Bertz CT molecular complexity index is 857. The molecule has 2 unspecified atom stereocenters. The highest BCUT2D eigenvalue weighted by Crippen LogP contribution is 2.23. The Kier molecular flexibility index (Phi) is 5.27. The number of piperidine rings is 1. The fourth-order valence-corrected chi connectivity index (χ4v) is 4.48. The third-order valence-electron chi connectivity index (χ3n) is 4.50. The van der Waals surface area contributed by atoms with Crippen molar-refractivity contribution in [3.05, 3.63) is 54.4 Å². The zero-order valence-electron chi connectivity index (χ0n) is 14.9. The molecule has 7 heteroatoms. The zero-order chi connectivity index (χ0) is 18.7. The summed E-state index contributed by atoms with van der Waals surface area (Å²) in [5.41, 5.74) is 0.950. The summed E-state index contributed by atoms with van der Waals surface area (Å²) in [7, 11) is -3.70. The lowest BCUT2D eigenvalue weighted by Crippen LogP contribution is -2.42. The molecule has 0 bridgehead atoms. The van der Waals surface area contributed by atoms with Gasteiger partial charge in [-0.2, -0.15) is 0 Å². The smallest absolute Gasteiger partial charge is 0.261 e. The van der Waals surface area contributed by atoms with Crippen LogP contribution in [0, 0.1) is 11.8 Å². The lowest BCUT2D eigenvalue weighted by atomic mass is 9.91. The molecule has 0 saturated carbocycles. The number of hydrogen-bond acceptors (Lipinski definition) is 4. The molecule has 2 heterocycles. The Morgan fingerprint density at radius 2 is 1.62 bits per heavy atom. The van der Waals surface area contributed by atoms with Crippen LogP contribution in [0.2, 0.25) is 0 Å². The van der Waals surface area contributed by atoms with E-state index in [0.717, 1.165) is 19.5 Å². The quantitative estimate of drug-likeness (QED) is 0.893. The van der Waals surface area contributed by atoms with Gasteiger partial charge in [-0.3, -0.25) is 14.5 Å². The van der Waals surface area contributed by atoms with Gasteiger partial charge in [-0.1, -0.05) is 13.8 Å². The van der Waals surface area contributed by atoms with Crippen LogP contribution in [0.5, 0.6) is 0 Å². The molecule has 1 aliphatic rings. The highest BCUT2D eigenvalue weighted by atomic mass is 32.2. The van der Waals surface area contributed by atoms with Crippen molar-refractivity contribution < 1.29 is 13.2 Å². The molecule has 0 aliphatic carbocycles. The number of pyridine rings is 1. The summed E-state index contributed by atoms with van der Waals surface area (Å²) in [6.45, 7) is 5.78. The normalized spacial score (nSPS) is 20.6. The lowest BCUT2D eigenvalue weighted by Gasteiger charge is -2.35. The van der Waals surface area contributed by atoms with Crippen molar-refractivity contribution >= 4 is 21.6 Å². The van der Waals surface area contributed by atoms with Crippen molar-refractivity contribution in [3.8, 4) is 0 Å². The Hall–Kier alpha value is -2.41. The number of aromatic nitrogens is 1. The largest absolute Gasteiger partial charge is 0.338 e. The molecule has 1 aromatic heterocycles. The Labute approximate surface area is 154 Å². The molecule has 0 spiro atoms. The summed E-state index contributed by atoms with van der Waals surface area (Å²) in [6, 6.07) is 9.24. The van der Waals surface area contributed by atoms with Gasteiger partial charge in [0.15, 0.2) is 0 Å². The second kappa shape index (κ2) is 7.45. The molecular formula is C19H23N3O3S. The summed E-state index contributed by atoms with van der Waals surface area (Å²) in [6.07, 6.45) is 4.15. The fourth-order valence-electron chi connectivity index (χ4n) is 3.42. The van der Waals surface area contributed by atoms with Gasteiger partial charge in [0.2, 0.25) is 0 Å². The minimum absolute atomic E-state index is 0.0468. The summed E-state index contributed by atoms with van der Waals surface area (Å²) in [4.78, 5) is 18.5. The number of anilines is 1. The van der Waals surface area contributed by atoms with E-state index >= 15 is 0 Å². The number of nitrogens with one attached hydrogen (secondary N) is 1. The Morgan fingerprint density at radius 3 is 2.19 bits per heavy atom. The first kappa shape index (κ1) is 18.4. The van der Waals surface area contributed by atoms with E-state index in [4.69, 9.17) is 0 Å². The van der Waals surface area contributed by atoms with Gasteiger partial charge in [-0.05, 0) is 54.7 Å². The maximum atomic E-state index is 12.7. The maximum absolute atomic E-state index is 12.7. The van der Waals surface area contributed by atoms with E-state index in [9.17, 15) is 13.2 Å². The first-order chi connectivity index (χ1) is 12.3. The van der Waals surface area contributed by atoms with E-state index in [-0.39, 0.29) is 10.8 Å². The van der Waals surface area contributed by atoms with Crippen molar-refractivity contribution in [2.24, 2.45) is 11.8 Å². The molecule has 1 N–H and O–H groups in total. The Morgan fingerprint density at radius 1 is 1.04 bits per heavy atom. The van der Waals surface area contributed by atoms with Gasteiger partial charge in [0, 0.05) is 31.0 Å². The van der Waals surface area contributed by atoms with Crippen molar-refractivity contribution in [2.45, 2.75) is 25.2 Å². The van der Waals surface area contributed by atoms with Gasteiger partial charge in [0.25, 0.3) is 15.9 Å². The standard InChI is InChI=1S/C19H23N3O3S/c1-14-11-15(2)13-22(12-14)19(23)16-3-5-18(6-4-16)26(24,25)21-17-7-9-20-10-8-17/h3-10,14-15H,11-13H2,1-2H3,(H,20,21). The lowest BCUT2D eigenvalue weighted by molar-refractivity contribution is 0.0623. The van der Waals surface area contributed by atoms with Gasteiger partial charge in [0.1, 0.15) is 0 Å². The molecule has 3 rings (SSSR count). The molecule has 1 saturated heterocycles. The van der Waals surface area contributed by atoms with Gasteiger partial charge in [-0.25, -0.2) is 8.42 Å². The average molecular weight is 373 g/mol. The molecule has 138 valence electrons. The number of nitrogens with zero attached hydrogens (tertiary/aromatic N) is 2.